The molecule has 2 aliphatic rings. The highest BCUT2D eigenvalue weighted by molar-refractivity contribution is 5.78. The van der Waals surface area contributed by atoms with Crippen molar-refractivity contribution in [1.29, 1.82) is 0 Å². The molecule has 17 heavy (non-hydrogen) atoms. The third-order valence-corrected chi connectivity index (χ3v) is 3.50. The zero-order valence-corrected chi connectivity index (χ0v) is 10.5. The van der Waals surface area contributed by atoms with Crippen molar-refractivity contribution in [2.24, 2.45) is 5.92 Å². The molecule has 5 heteroatoms. The van der Waals surface area contributed by atoms with Crippen LogP contribution in [0, 0.1) is 5.92 Å². The number of hydrogen-bond acceptors (Lipinski definition) is 4. The van der Waals surface area contributed by atoms with Gasteiger partial charge in [-0.15, -0.1) is 0 Å². The minimum atomic E-state index is 0.109. The Morgan fingerprint density at radius 1 is 1.47 bits per heavy atom. The van der Waals surface area contributed by atoms with Gasteiger partial charge < -0.3 is 19.7 Å². The molecule has 2 atom stereocenters. The molecule has 0 radical (unpaired) electrons. The highest BCUT2D eigenvalue weighted by atomic mass is 16.5. The Balaban J connectivity index is 1.89. The fourth-order valence-corrected chi connectivity index (χ4v) is 2.49. The molecular weight excluding hydrogens is 220 g/mol. The maximum Gasteiger partial charge on any atom is 0.248 e. The molecule has 0 saturated carbocycles. The lowest BCUT2D eigenvalue weighted by molar-refractivity contribution is -0.143. The predicted octanol–water partition coefficient (Wildman–Crippen LogP) is -0.140. The van der Waals surface area contributed by atoms with Gasteiger partial charge >= 0.3 is 0 Å². The van der Waals surface area contributed by atoms with Crippen LogP contribution < -0.4 is 5.32 Å². The molecule has 0 aromatic carbocycles. The minimum Gasteiger partial charge on any atom is -0.381 e. The first kappa shape index (κ1) is 12.8. The summed E-state index contributed by atoms with van der Waals surface area (Å²) in [6.07, 6.45) is 1.09. The minimum absolute atomic E-state index is 0.109. The molecule has 2 rings (SSSR count). The Labute approximate surface area is 102 Å². The normalized spacial score (nSPS) is 27.5. The van der Waals surface area contributed by atoms with Crippen LogP contribution in [-0.4, -0.2) is 62.9 Å². The Morgan fingerprint density at radius 3 is 3.00 bits per heavy atom. The van der Waals surface area contributed by atoms with Crippen molar-refractivity contribution in [1.82, 2.24) is 10.2 Å². The number of carbonyl (C=O) groups excluding carboxylic acids is 1. The van der Waals surface area contributed by atoms with E-state index in [2.05, 4.69) is 12.2 Å². The number of hydrogen-bond donors (Lipinski definition) is 1. The molecule has 5 nitrogen and oxygen atoms in total. The lowest BCUT2D eigenvalue weighted by Crippen LogP contribution is -2.51. The van der Waals surface area contributed by atoms with E-state index in [4.69, 9.17) is 9.47 Å². The molecule has 0 aromatic rings. The molecule has 1 amide bonds. The van der Waals surface area contributed by atoms with E-state index in [0.29, 0.717) is 25.1 Å². The summed E-state index contributed by atoms with van der Waals surface area (Å²) in [6, 6.07) is 0.351. The summed E-state index contributed by atoms with van der Waals surface area (Å²) in [4.78, 5) is 13.6. The molecule has 0 aliphatic carbocycles. The first-order valence-electron chi connectivity index (χ1n) is 6.48. The van der Waals surface area contributed by atoms with E-state index >= 15 is 0 Å². The zero-order chi connectivity index (χ0) is 12.1. The quantitative estimate of drug-likeness (QED) is 0.729. The number of carbonyl (C=O) groups is 1. The topological polar surface area (TPSA) is 50.8 Å². The van der Waals surface area contributed by atoms with Crippen LogP contribution in [0.15, 0.2) is 0 Å². The standard InChI is InChI=1S/C12H22N2O3/c1-2-13-11(10-3-5-16-8-10)7-14-4-6-17-9-12(14)15/h10-11,13H,2-9H2,1H3. The summed E-state index contributed by atoms with van der Waals surface area (Å²) in [5, 5.41) is 3.48. The van der Waals surface area contributed by atoms with Gasteiger partial charge in [-0.05, 0) is 13.0 Å². The lowest BCUT2D eigenvalue weighted by atomic mass is 9.98. The highest BCUT2D eigenvalue weighted by Gasteiger charge is 2.29. The average Bonchev–Trinajstić information content (AvgIpc) is 2.85. The van der Waals surface area contributed by atoms with Gasteiger partial charge in [-0.25, -0.2) is 0 Å². The van der Waals surface area contributed by atoms with Gasteiger partial charge in [0.2, 0.25) is 5.91 Å². The molecule has 0 aromatic heterocycles. The van der Waals surface area contributed by atoms with Crippen molar-refractivity contribution in [3.05, 3.63) is 0 Å². The number of nitrogens with zero attached hydrogens (tertiary/aromatic N) is 1. The first-order chi connectivity index (χ1) is 8.31. The van der Waals surface area contributed by atoms with Gasteiger partial charge in [-0.2, -0.15) is 0 Å². The zero-order valence-electron chi connectivity index (χ0n) is 10.5. The lowest BCUT2D eigenvalue weighted by Gasteiger charge is -2.33. The molecule has 2 saturated heterocycles. The van der Waals surface area contributed by atoms with Gasteiger partial charge in [0.25, 0.3) is 0 Å². The van der Waals surface area contributed by atoms with Crippen LogP contribution in [0.1, 0.15) is 13.3 Å². The smallest absolute Gasteiger partial charge is 0.248 e. The summed E-state index contributed by atoms with van der Waals surface area (Å²) in [7, 11) is 0. The molecule has 0 bridgehead atoms. The number of likely N-dealkylation sites (N-methyl/N-ethyl adjacent to an activating group) is 1. The fraction of sp³-hybridized carbons (Fsp3) is 0.917. The third-order valence-electron chi connectivity index (χ3n) is 3.50. The van der Waals surface area contributed by atoms with E-state index in [-0.39, 0.29) is 12.5 Å². The van der Waals surface area contributed by atoms with Crippen molar-refractivity contribution in [3.63, 3.8) is 0 Å². The highest BCUT2D eigenvalue weighted by Crippen LogP contribution is 2.18. The molecule has 2 unspecified atom stereocenters. The Kier molecular flexibility index (Phi) is 4.76. The van der Waals surface area contributed by atoms with Gasteiger partial charge in [0.1, 0.15) is 6.61 Å². The van der Waals surface area contributed by atoms with Gasteiger partial charge in [0.15, 0.2) is 0 Å². The van der Waals surface area contributed by atoms with Crippen LogP contribution in [0.4, 0.5) is 0 Å². The van der Waals surface area contributed by atoms with Gasteiger partial charge in [0.05, 0.1) is 13.2 Å². The first-order valence-corrected chi connectivity index (χ1v) is 6.48. The second kappa shape index (κ2) is 6.33. The molecule has 98 valence electrons. The van der Waals surface area contributed by atoms with Crippen LogP contribution in [0.25, 0.3) is 0 Å². The average molecular weight is 242 g/mol. The summed E-state index contributed by atoms with van der Waals surface area (Å²) in [5.41, 5.74) is 0. The maximum atomic E-state index is 11.7. The van der Waals surface area contributed by atoms with Crippen LogP contribution in [0.2, 0.25) is 0 Å². The fourth-order valence-electron chi connectivity index (χ4n) is 2.49. The van der Waals surface area contributed by atoms with Crippen LogP contribution in [0.5, 0.6) is 0 Å². The molecule has 2 aliphatic heterocycles. The van der Waals surface area contributed by atoms with Crippen molar-refractivity contribution in [2.75, 3.05) is 46.1 Å². The largest absolute Gasteiger partial charge is 0.381 e. The summed E-state index contributed by atoms with van der Waals surface area (Å²) < 4.78 is 10.6. The monoisotopic (exact) mass is 242 g/mol. The van der Waals surface area contributed by atoms with Gasteiger partial charge in [-0.1, -0.05) is 6.92 Å². The van der Waals surface area contributed by atoms with Gasteiger partial charge in [0, 0.05) is 31.7 Å². The van der Waals surface area contributed by atoms with Crippen molar-refractivity contribution in [2.45, 2.75) is 19.4 Å². The van der Waals surface area contributed by atoms with E-state index in [1.54, 1.807) is 0 Å². The number of amides is 1. The summed E-state index contributed by atoms with van der Waals surface area (Å²) in [6.45, 7) is 7.09. The Hall–Kier alpha value is -0.650. The Bertz CT molecular complexity index is 254. The van der Waals surface area contributed by atoms with Crippen molar-refractivity contribution >= 4 is 5.91 Å². The maximum absolute atomic E-state index is 11.7. The van der Waals surface area contributed by atoms with Crippen LogP contribution in [0.3, 0.4) is 0 Å². The molecular formula is C12H22N2O3. The van der Waals surface area contributed by atoms with E-state index in [1.807, 2.05) is 4.90 Å². The van der Waals surface area contributed by atoms with Crippen LogP contribution >= 0.6 is 0 Å². The van der Waals surface area contributed by atoms with Crippen LogP contribution in [-0.2, 0) is 14.3 Å². The van der Waals surface area contributed by atoms with Crippen molar-refractivity contribution < 1.29 is 14.3 Å². The molecule has 0 spiro atoms. The van der Waals surface area contributed by atoms with E-state index in [1.165, 1.54) is 0 Å². The number of morpholine rings is 1. The Morgan fingerprint density at radius 2 is 2.35 bits per heavy atom. The van der Waals surface area contributed by atoms with E-state index in [9.17, 15) is 4.79 Å². The SMILES string of the molecule is CCNC(CN1CCOCC1=O)C1CCOC1. The van der Waals surface area contributed by atoms with E-state index in [0.717, 1.165) is 32.7 Å². The molecule has 2 heterocycles. The molecule has 2 fully saturated rings. The second-order valence-corrected chi connectivity index (χ2v) is 4.68. The summed E-state index contributed by atoms with van der Waals surface area (Å²) >= 11 is 0. The van der Waals surface area contributed by atoms with Crippen molar-refractivity contribution in [3.8, 4) is 0 Å². The second-order valence-electron chi connectivity index (χ2n) is 4.68. The number of nitrogens with one attached hydrogen (secondary N) is 1. The third kappa shape index (κ3) is 3.40. The number of rotatable bonds is 5. The van der Waals surface area contributed by atoms with E-state index < -0.39 is 0 Å². The van der Waals surface area contributed by atoms with Gasteiger partial charge in [-0.3, -0.25) is 4.79 Å². The summed E-state index contributed by atoms with van der Waals surface area (Å²) in [5.74, 6) is 0.642. The predicted molar refractivity (Wildman–Crippen MR) is 63.8 cm³/mol. The molecule has 1 N–H and O–H groups in total. The number of ether oxygens (including phenoxy) is 2.